The van der Waals surface area contributed by atoms with E-state index in [0.29, 0.717) is 21.9 Å². The standard InChI is InChI=1S/C15H14ClNO2/c1-10(2)19-12-7-11(8-17-9-12)15(18)13-5-3-4-6-14(13)16/h3-10H,1-2H3. The number of pyridine rings is 1. The van der Waals surface area contributed by atoms with Crippen LogP contribution in [-0.2, 0) is 0 Å². The Kier molecular flexibility index (Phi) is 4.17. The maximum Gasteiger partial charge on any atom is 0.196 e. The van der Waals surface area contributed by atoms with Crippen molar-refractivity contribution in [3.05, 3.63) is 58.9 Å². The van der Waals surface area contributed by atoms with Crippen LogP contribution in [-0.4, -0.2) is 16.9 Å². The van der Waals surface area contributed by atoms with E-state index in [1.807, 2.05) is 13.8 Å². The first-order valence-corrected chi connectivity index (χ1v) is 6.36. The summed E-state index contributed by atoms with van der Waals surface area (Å²) in [5.41, 5.74) is 0.930. The summed E-state index contributed by atoms with van der Waals surface area (Å²) < 4.78 is 5.52. The van der Waals surface area contributed by atoms with Crippen LogP contribution < -0.4 is 4.74 Å². The molecule has 1 aromatic carbocycles. The van der Waals surface area contributed by atoms with E-state index in [2.05, 4.69) is 4.98 Å². The number of ketones is 1. The van der Waals surface area contributed by atoms with Crippen molar-refractivity contribution in [3.63, 3.8) is 0 Å². The Morgan fingerprint density at radius 1 is 1.26 bits per heavy atom. The van der Waals surface area contributed by atoms with Crippen molar-refractivity contribution in [2.45, 2.75) is 20.0 Å². The highest BCUT2D eigenvalue weighted by molar-refractivity contribution is 6.34. The maximum absolute atomic E-state index is 12.3. The molecule has 98 valence electrons. The Morgan fingerprint density at radius 3 is 2.68 bits per heavy atom. The van der Waals surface area contributed by atoms with Gasteiger partial charge in [0.05, 0.1) is 17.3 Å². The number of hydrogen-bond acceptors (Lipinski definition) is 3. The lowest BCUT2D eigenvalue weighted by atomic mass is 10.1. The van der Waals surface area contributed by atoms with Crippen molar-refractivity contribution in [2.24, 2.45) is 0 Å². The number of hydrogen-bond donors (Lipinski definition) is 0. The zero-order valence-electron chi connectivity index (χ0n) is 10.8. The summed E-state index contributed by atoms with van der Waals surface area (Å²) in [5.74, 6) is 0.417. The van der Waals surface area contributed by atoms with E-state index in [4.69, 9.17) is 16.3 Å². The summed E-state index contributed by atoms with van der Waals surface area (Å²) in [6.45, 7) is 3.84. The molecule has 1 heterocycles. The third-order valence-electron chi connectivity index (χ3n) is 2.47. The molecule has 19 heavy (non-hydrogen) atoms. The smallest absolute Gasteiger partial charge is 0.196 e. The average molecular weight is 276 g/mol. The normalized spacial score (nSPS) is 10.5. The molecule has 0 spiro atoms. The number of rotatable bonds is 4. The molecule has 0 aliphatic carbocycles. The van der Waals surface area contributed by atoms with Gasteiger partial charge >= 0.3 is 0 Å². The minimum atomic E-state index is -0.160. The number of aromatic nitrogens is 1. The van der Waals surface area contributed by atoms with Gasteiger partial charge in [0.1, 0.15) is 5.75 Å². The fourth-order valence-corrected chi connectivity index (χ4v) is 1.90. The van der Waals surface area contributed by atoms with E-state index in [1.54, 1.807) is 36.5 Å². The van der Waals surface area contributed by atoms with Crippen LogP contribution >= 0.6 is 11.6 Å². The topological polar surface area (TPSA) is 39.2 Å². The van der Waals surface area contributed by atoms with Gasteiger partial charge in [-0.15, -0.1) is 0 Å². The Balaban J connectivity index is 2.32. The Labute approximate surface area is 117 Å². The van der Waals surface area contributed by atoms with E-state index in [-0.39, 0.29) is 11.9 Å². The number of nitrogens with zero attached hydrogens (tertiary/aromatic N) is 1. The molecule has 3 nitrogen and oxygen atoms in total. The summed E-state index contributed by atoms with van der Waals surface area (Å²) in [6, 6.07) is 8.63. The van der Waals surface area contributed by atoms with Crippen molar-refractivity contribution in [1.82, 2.24) is 4.98 Å². The molecule has 2 rings (SSSR count). The lowest BCUT2D eigenvalue weighted by Crippen LogP contribution is -2.08. The van der Waals surface area contributed by atoms with Gasteiger partial charge in [0.25, 0.3) is 0 Å². The second-order valence-electron chi connectivity index (χ2n) is 4.38. The second-order valence-corrected chi connectivity index (χ2v) is 4.79. The lowest BCUT2D eigenvalue weighted by molar-refractivity contribution is 0.103. The number of carbonyl (C=O) groups is 1. The zero-order valence-corrected chi connectivity index (χ0v) is 11.5. The van der Waals surface area contributed by atoms with Crippen molar-refractivity contribution in [3.8, 4) is 5.75 Å². The molecule has 0 unspecified atom stereocenters. The van der Waals surface area contributed by atoms with Gasteiger partial charge in [-0.1, -0.05) is 23.7 Å². The number of carbonyl (C=O) groups excluding carboxylic acids is 1. The predicted molar refractivity (Wildman–Crippen MR) is 74.9 cm³/mol. The molecule has 2 aromatic rings. The van der Waals surface area contributed by atoms with Crippen LogP contribution in [0.25, 0.3) is 0 Å². The maximum atomic E-state index is 12.3. The van der Waals surface area contributed by atoms with E-state index < -0.39 is 0 Å². The Hall–Kier alpha value is -1.87. The fourth-order valence-electron chi connectivity index (χ4n) is 1.68. The van der Waals surface area contributed by atoms with Crippen LogP contribution in [0, 0.1) is 0 Å². The molecular formula is C15H14ClNO2. The first-order valence-electron chi connectivity index (χ1n) is 5.99. The van der Waals surface area contributed by atoms with Gasteiger partial charge in [-0.3, -0.25) is 9.78 Å². The zero-order chi connectivity index (χ0) is 13.8. The monoisotopic (exact) mass is 275 g/mol. The highest BCUT2D eigenvalue weighted by Gasteiger charge is 2.13. The third kappa shape index (κ3) is 3.32. The minimum Gasteiger partial charge on any atom is -0.489 e. The number of halogens is 1. The summed E-state index contributed by atoms with van der Waals surface area (Å²) in [5, 5.41) is 0.433. The number of benzene rings is 1. The summed E-state index contributed by atoms with van der Waals surface area (Å²) in [6.07, 6.45) is 3.13. The second kappa shape index (κ2) is 5.85. The highest BCUT2D eigenvalue weighted by Crippen LogP contribution is 2.21. The largest absolute Gasteiger partial charge is 0.489 e. The van der Waals surface area contributed by atoms with Crippen LogP contribution in [0.5, 0.6) is 5.75 Å². The number of ether oxygens (including phenoxy) is 1. The van der Waals surface area contributed by atoms with Crippen LogP contribution in [0.15, 0.2) is 42.7 Å². The van der Waals surface area contributed by atoms with Gasteiger partial charge in [0, 0.05) is 17.3 Å². The molecule has 0 aliphatic heterocycles. The molecule has 4 heteroatoms. The molecule has 0 saturated heterocycles. The first-order chi connectivity index (χ1) is 9.08. The van der Waals surface area contributed by atoms with Crippen molar-refractivity contribution in [2.75, 3.05) is 0 Å². The van der Waals surface area contributed by atoms with Gasteiger partial charge in [-0.05, 0) is 32.0 Å². The first kappa shape index (κ1) is 13.6. The van der Waals surface area contributed by atoms with E-state index in [9.17, 15) is 4.79 Å². The van der Waals surface area contributed by atoms with E-state index in [1.165, 1.54) is 6.20 Å². The molecule has 0 bridgehead atoms. The van der Waals surface area contributed by atoms with E-state index in [0.717, 1.165) is 0 Å². The van der Waals surface area contributed by atoms with Crippen molar-refractivity contribution < 1.29 is 9.53 Å². The van der Waals surface area contributed by atoms with Gasteiger partial charge in [-0.25, -0.2) is 0 Å². The fraction of sp³-hybridized carbons (Fsp3) is 0.200. The van der Waals surface area contributed by atoms with Crippen LogP contribution in [0.4, 0.5) is 0 Å². The van der Waals surface area contributed by atoms with Gasteiger partial charge in [-0.2, -0.15) is 0 Å². The van der Waals surface area contributed by atoms with Crippen molar-refractivity contribution in [1.29, 1.82) is 0 Å². The quantitative estimate of drug-likeness (QED) is 0.798. The molecule has 0 amide bonds. The molecule has 0 fully saturated rings. The van der Waals surface area contributed by atoms with Gasteiger partial charge in [0.2, 0.25) is 0 Å². The van der Waals surface area contributed by atoms with Gasteiger partial charge < -0.3 is 4.74 Å². The molecule has 0 radical (unpaired) electrons. The van der Waals surface area contributed by atoms with Gasteiger partial charge in [0.15, 0.2) is 5.78 Å². The third-order valence-corrected chi connectivity index (χ3v) is 2.80. The van der Waals surface area contributed by atoms with Crippen LogP contribution in [0.3, 0.4) is 0 Å². The average Bonchev–Trinajstić information content (AvgIpc) is 2.38. The summed E-state index contributed by atoms with van der Waals surface area (Å²) in [4.78, 5) is 16.4. The highest BCUT2D eigenvalue weighted by atomic mass is 35.5. The summed E-state index contributed by atoms with van der Waals surface area (Å²) >= 11 is 6.02. The molecular weight excluding hydrogens is 262 g/mol. The molecule has 0 atom stereocenters. The Morgan fingerprint density at radius 2 is 2.00 bits per heavy atom. The van der Waals surface area contributed by atoms with E-state index >= 15 is 0 Å². The predicted octanol–water partition coefficient (Wildman–Crippen LogP) is 3.75. The lowest BCUT2D eigenvalue weighted by Gasteiger charge is -2.10. The van der Waals surface area contributed by atoms with Crippen LogP contribution in [0.1, 0.15) is 29.8 Å². The molecule has 0 saturated carbocycles. The summed E-state index contributed by atoms with van der Waals surface area (Å²) in [7, 11) is 0. The molecule has 0 aliphatic rings. The molecule has 0 N–H and O–H groups in total. The Bertz CT molecular complexity index is 596. The molecule has 1 aromatic heterocycles. The van der Waals surface area contributed by atoms with Crippen LogP contribution in [0.2, 0.25) is 5.02 Å². The SMILES string of the molecule is CC(C)Oc1cncc(C(=O)c2ccccc2Cl)c1. The minimum absolute atomic E-state index is 0.0347. The van der Waals surface area contributed by atoms with Crippen molar-refractivity contribution >= 4 is 17.4 Å².